The van der Waals surface area contributed by atoms with Crippen molar-refractivity contribution in [1.82, 2.24) is 14.7 Å². The Balaban J connectivity index is 1.87. The molecule has 1 fully saturated rings. The van der Waals surface area contributed by atoms with Crippen molar-refractivity contribution in [3.63, 3.8) is 0 Å². The molecule has 2 heterocycles. The normalized spacial score (nSPS) is 14.5. The number of likely N-dealkylation sites (tertiary alicyclic amines) is 1. The zero-order valence-corrected chi connectivity index (χ0v) is 15.9. The average Bonchev–Trinajstić information content (AvgIpc) is 3.25. The molecule has 5 nitrogen and oxygen atoms in total. The van der Waals surface area contributed by atoms with Gasteiger partial charge in [0.05, 0.1) is 12.2 Å². The van der Waals surface area contributed by atoms with Crippen molar-refractivity contribution in [2.24, 2.45) is 0 Å². The van der Waals surface area contributed by atoms with Gasteiger partial charge < -0.3 is 4.90 Å². The molecule has 1 amide bonds. The molecule has 0 bridgehead atoms. The minimum atomic E-state index is -0.245. The second-order valence-corrected chi connectivity index (χ2v) is 7.04. The van der Waals surface area contributed by atoms with Crippen molar-refractivity contribution in [1.29, 1.82) is 5.26 Å². The van der Waals surface area contributed by atoms with E-state index in [1.807, 2.05) is 37.3 Å². The van der Waals surface area contributed by atoms with E-state index in [1.54, 1.807) is 15.7 Å². The van der Waals surface area contributed by atoms with Crippen molar-refractivity contribution < 1.29 is 4.79 Å². The maximum atomic E-state index is 12.5. The number of rotatable bonds is 4. The molecular formula is C19H18Cl2N4O. The molecule has 1 saturated heterocycles. The highest BCUT2D eigenvalue weighted by Gasteiger charge is 2.23. The van der Waals surface area contributed by atoms with E-state index in [9.17, 15) is 10.1 Å². The predicted octanol–water partition coefficient (Wildman–Crippen LogP) is 4.08. The lowest BCUT2D eigenvalue weighted by Gasteiger charge is -2.14. The molecule has 1 aromatic heterocycles. The van der Waals surface area contributed by atoms with Gasteiger partial charge in [0.25, 0.3) is 5.91 Å². The zero-order valence-electron chi connectivity index (χ0n) is 14.4. The van der Waals surface area contributed by atoms with Gasteiger partial charge in [-0.05, 0) is 43.5 Å². The van der Waals surface area contributed by atoms with E-state index in [0.29, 0.717) is 41.1 Å². The number of hydrogen-bond acceptors (Lipinski definition) is 3. The molecule has 0 saturated carbocycles. The summed E-state index contributed by atoms with van der Waals surface area (Å²) in [6.07, 6.45) is 3.50. The first-order valence-corrected chi connectivity index (χ1v) is 9.13. The lowest BCUT2D eigenvalue weighted by molar-refractivity contribution is -0.125. The van der Waals surface area contributed by atoms with E-state index in [1.165, 1.54) is 0 Å². The van der Waals surface area contributed by atoms with Crippen LogP contribution in [0.4, 0.5) is 0 Å². The molecule has 0 atom stereocenters. The standard InChI is InChI=1S/C19H18Cl2N4O/c1-13-17(10-15(11-22)19(26)24-8-2-3-9-24)18(21)25(23-13)12-14-4-6-16(20)7-5-14/h4-7,10H,2-3,8-9,12H2,1H3/b15-10+. The molecule has 2 aromatic rings. The predicted molar refractivity (Wildman–Crippen MR) is 102 cm³/mol. The van der Waals surface area contributed by atoms with Gasteiger partial charge >= 0.3 is 0 Å². The number of halogens is 2. The number of carbonyl (C=O) groups excluding carboxylic acids is 1. The van der Waals surface area contributed by atoms with Crippen molar-refractivity contribution in [2.75, 3.05) is 13.1 Å². The summed E-state index contributed by atoms with van der Waals surface area (Å²) in [5.41, 5.74) is 2.36. The van der Waals surface area contributed by atoms with Crippen LogP contribution in [0.5, 0.6) is 0 Å². The van der Waals surface area contributed by atoms with Crippen LogP contribution in [0.3, 0.4) is 0 Å². The molecular weight excluding hydrogens is 371 g/mol. The van der Waals surface area contributed by atoms with Crippen LogP contribution in [-0.4, -0.2) is 33.7 Å². The molecule has 0 spiro atoms. The van der Waals surface area contributed by atoms with Gasteiger partial charge in [0, 0.05) is 23.7 Å². The molecule has 0 aliphatic carbocycles. The minimum absolute atomic E-state index is 0.0861. The van der Waals surface area contributed by atoms with E-state index < -0.39 is 0 Å². The minimum Gasteiger partial charge on any atom is -0.338 e. The summed E-state index contributed by atoms with van der Waals surface area (Å²) in [5.74, 6) is -0.245. The Kier molecular flexibility index (Phi) is 5.65. The lowest BCUT2D eigenvalue weighted by atomic mass is 10.1. The van der Waals surface area contributed by atoms with Gasteiger partial charge in [-0.3, -0.25) is 4.79 Å². The van der Waals surface area contributed by atoms with Gasteiger partial charge in [-0.1, -0.05) is 35.3 Å². The van der Waals surface area contributed by atoms with Gasteiger partial charge in [0.1, 0.15) is 16.8 Å². The van der Waals surface area contributed by atoms with Crippen LogP contribution in [0.15, 0.2) is 29.8 Å². The summed E-state index contributed by atoms with van der Waals surface area (Å²) in [7, 11) is 0. The van der Waals surface area contributed by atoms with Gasteiger partial charge in [-0.2, -0.15) is 10.4 Å². The Morgan fingerprint density at radius 3 is 2.54 bits per heavy atom. The van der Waals surface area contributed by atoms with Crippen molar-refractivity contribution in [3.8, 4) is 6.07 Å². The molecule has 7 heteroatoms. The van der Waals surface area contributed by atoms with Crippen molar-refractivity contribution in [3.05, 3.63) is 56.8 Å². The highest BCUT2D eigenvalue weighted by atomic mass is 35.5. The zero-order chi connectivity index (χ0) is 18.7. The second kappa shape index (κ2) is 7.94. The molecule has 0 unspecified atom stereocenters. The summed E-state index contributed by atoms with van der Waals surface area (Å²) in [6.45, 7) is 3.68. The number of aromatic nitrogens is 2. The van der Waals surface area contributed by atoms with E-state index >= 15 is 0 Å². The number of carbonyl (C=O) groups is 1. The Labute approximate surface area is 162 Å². The van der Waals surface area contributed by atoms with E-state index in [4.69, 9.17) is 23.2 Å². The quantitative estimate of drug-likeness (QED) is 0.585. The largest absolute Gasteiger partial charge is 0.338 e. The van der Waals surface area contributed by atoms with Crippen LogP contribution in [0.1, 0.15) is 29.7 Å². The number of benzene rings is 1. The molecule has 26 heavy (non-hydrogen) atoms. The Morgan fingerprint density at radius 1 is 1.27 bits per heavy atom. The third kappa shape index (κ3) is 3.92. The SMILES string of the molecule is Cc1nn(Cc2ccc(Cl)cc2)c(Cl)c1/C=C(\C#N)C(=O)N1CCCC1. The van der Waals surface area contributed by atoms with Crippen molar-refractivity contribution in [2.45, 2.75) is 26.3 Å². The summed E-state index contributed by atoms with van der Waals surface area (Å²) >= 11 is 12.4. The number of nitrogens with zero attached hydrogens (tertiary/aromatic N) is 4. The van der Waals surface area contributed by atoms with Gasteiger partial charge in [0.2, 0.25) is 0 Å². The number of aryl methyl sites for hydroxylation is 1. The topological polar surface area (TPSA) is 61.9 Å². The van der Waals surface area contributed by atoms with Crippen LogP contribution in [0.2, 0.25) is 10.2 Å². The van der Waals surface area contributed by atoms with Gasteiger partial charge in [-0.15, -0.1) is 0 Å². The first-order chi connectivity index (χ1) is 12.5. The molecule has 1 aliphatic rings. The Hall–Kier alpha value is -2.29. The van der Waals surface area contributed by atoms with E-state index in [0.717, 1.165) is 18.4 Å². The fourth-order valence-corrected chi connectivity index (χ4v) is 3.39. The Morgan fingerprint density at radius 2 is 1.92 bits per heavy atom. The summed E-state index contributed by atoms with van der Waals surface area (Å²) < 4.78 is 1.65. The van der Waals surface area contributed by atoms with Crippen LogP contribution >= 0.6 is 23.2 Å². The third-order valence-electron chi connectivity index (χ3n) is 4.39. The monoisotopic (exact) mass is 388 g/mol. The average molecular weight is 389 g/mol. The second-order valence-electron chi connectivity index (χ2n) is 6.24. The van der Waals surface area contributed by atoms with Gasteiger partial charge in [-0.25, -0.2) is 4.68 Å². The summed E-state index contributed by atoms with van der Waals surface area (Å²) in [5, 5.41) is 14.9. The molecule has 0 N–H and O–H groups in total. The number of amides is 1. The number of hydrogen-bond donors (Lipinski definition) is 0. The lowest BCUT2D eigenvalue weighted by Crippen LogP contribution is -2.28. The maximum Gasteiger partial charge on any atom is 0.264 e. The molecule has 3 rings (SSSR count). The summed E-state index contributed by atoms with van der Waals surface area (Å²) in [6, 6.07) is 9.44. The molecule has 1 aromatic carbocycles. The molecule has 1 aliphatic heterocycles. The fraction of sp³-hybridized carbons (Fsp3) is 0.316. The first kappa shape index (κ1) is 18.5. The molecule has 0 radical (unpaired) electrons. The summed E-state index contributed by atoms with van der Waals surface area (Å²) in [4.78, 5) is 14.2. The number of nitriles is 1. The van der Waals surface area contributed by atoms with Crippen LogP contribution in [-0.2, 0) is 11.3 Å². The van der Waals surface area contributed by atoms with Crippen LogP contribution in [0.25, 0.3) is 6.08 Å². The van der Waals surface area contributed by atoms with E-state index in [-0.39, 0.29) is 11.5 Å². The molecule has 134 valence electrons. The first-order valence-electron chi connectivity index (χ1n) is 8.38. The van der Waals surface area contributed by atoms with Crippen molar-refractivity contribution >= 4 is 35.2 Å². The fourth-order valence-electron chi connectivity index (χ4n) is 2.98. The van der Waals surface area contributed by atoms with Gasteiger partial charge in [0.15, 0.2) is 0 Å². The maximum absolute atomic E-state index is 12.5. The highest BCUT2D eigenvalue weighted by Crippen LogP contribution is 2.25. The highest BCUT2D eigenvalue weighted by molar-refractivity contribution is 6.31. The van der Waals surface area contributed by atoms with Crippen LogP contribution in [0, 0.1) is 18.3 Å². The van der Waals surface area contributed by atoms with Crippen LogP contribution < -0.4 is 0 Å². The third-order valence-corrected chi connectivity index (χ3v) is 5.04. The Bertz CT molecular complexity index is 887. The smallest absolute Gasteiger partial charge is 0.264 e. The van der Waals surface area contributed by atoms with E-state index in [2.05, 4.69) is 5.10 Å².